The van der Waals surface area contributed by atoms with Crippen molar-refractivity contribution in [3.05, 3.63) is 64.0 Å². The summed E-state index contributed by atoms with van der Waals surface area (Å²) in [6, 6.07) is 8.75. The number of halogens is 1. The van der Waals surface area contributed by atoms with Crippen LogP contribution in [0.15, 0.2) is 42.5 Å². The molecule has 0 aliphatic carbocycles. The molecule has 0 aliphatic heterocycles. The van der Waals surface area contributed by atoms with E-state index in [2.05, 4.69) is 0 Å². The second-order valence-electron chi connectivity index (χ2n) is 3.77. The Morgan fingerprint density at radius 2 is 1.89 bits per heavy atom. The quantitative estimate of drug-likeness (QED) is 0.680. The van der Waals surface area contributed by atoms with Gasteiger partial charge in [0.05, 0.1) is 16.1 Å². The molecule has 0 heterocycles. The molecule has 1 N–H and O–H groups in total. The van der Waals surface area contributed by atoms with Gasteiger partial charge in [-0.2, -0.15) is 0 Å². The van der Waals surface area contributed by atoms with E-state index in [1.54, 1.807) is 0 Å². The zero-order chi connectivity index (χ0) is 14.0. The highest BCUT2D eigenvalue weighted by Gasteiger charge is 2.22. The summed E-state index contributed by atoms with van der Waals surface area (Å²) < 4.78 is 13.2. The van der Waals surface area contributed by atoms with Crippen LogP contribution in [0.1, 0.15) is 10.4 Å². The van der Waals surface area contributed by atoms with Crippen molar-refractivity contribution >= 4 is 11.7 Å². The number of nitro groups is 1. The van der Waals surface area contributed by atoms with Crippen LogP contribution in [0.25, 0.3) is 11.1 Å². The molecule has 0 aliphatic rings. The molecule has 0 saturated heterocycles. The first-order valence-corrected chi connectivity index (χ1v) is 5.27. The van der Waals surface area contributed by atoms with Crippen LogP contribution < -0.4 is 0 Å². The van der Waals surface area contributed by atoms with Crippen LogP contribution in [0.4, 0.5) is 10.1 Å². The monoisotopic (exact) mass is 261 g/mol. The van der Waals surface area contributed by atoms with Crippen molar-refractivity contribution in [1.82, 2.24) is 0 Å². The molecule has 0 amide bonds. The maximum absolute atomic E-state index is 13.2. The first-order valence-electron chi connectivity index (χ1n) is 5.27. The summed E-state index contributed by atoms with van der Waals surface area (Å²) >= 11 is 0. The maximum atomic E-state index is 13.2. The smallest absolute Gasteiger partial charge is 0.336 e. The minimum atomic E-state index is -1.30. The van der Waals surface area contributed by atoms with E-state index in [-0.39, 0.29) is 22.4 Å². The fourth-order valence-electron chi connectivity index (χ4n) is 1.82. The van der Waals surface area contributed by atoms with Crippen LogP contribution in [0, 0.1) is 15.9 Å². The molecular formula is C13H8FNO4. The molecule has 0 aromatic heterocycles. The number of hydrogen-bond donors (Lipinski definition) is 1. The predicted molar refractivity (Wildman–Crippen MR) is 65.4 cm³/mol. The number of nitrogens with zero attached hydrogens (tertiary/aromatic N) is 1. The van der Waals surface area contributed by atoms with Crippen LogP contribution in [0.2, 0.25) is 0 Å². The Hall–Kier alpha value is -2.76. The molecule has 19 heavy (non-hydrogen) atoms. The number of benzene rings is 2. The van der Waals surface area contributed by atoms with Crippen molar-refractivity contribution in [1.29, 1.82) is 0 Å². The lowest BCUT2D eigenvalue weighted by atomic mass is 9.97. The highest BCUT2D eigenvalue weighted by Crippen LogP contribution is 2.33. The average Bonchev–Trinajstić information content (AvgIpc) is 2.37. The Labute approximate surface area is 107 Å². The van der Waals surface area contributed by atoms with Crippen LogP contribution in [-0.2, 0) is 0 Å². The summed E-state index contributed by atoms with van der Waals surface area (Å²) in [7, 11) is 0. The zero-order valence-electron chi connectivity index (χ0n) is 9.54. The zero-order valence-corrected chi connectivity index (χ0v) is 9.54. The number of carbonyl (C=O) groups is 1. The van der Waals surface area contributed by atoms with E-state index < -0.39 is 16.7 Å². The molecule has 96 valence electrons. The molecule has 2 aromatic carbocycles. The fraction of sp³-hybridized carbons (Fsp3) is 0. The Kier molecular flexibility index (Phi) is 3.24. The van der Waals surface area contributed by atoms with Crippen LogP contribution in [0.5, 0.6) is 0 Å². The maximum Gasteiger partial charge on any atom is 0.336 e. The summed E-state index contributed by atoms with van der Waals surface area (Å²) in [6.45, 7) is 0. The minimum absolute atomic E-state index is 0.0977. The molecule has 0 atom stereocenters. The highest BCUT2D eigenvalue weighted by molar-refractivity contribution is 5.98. The SMILES string of the molecule is O=C(O)c1cccc([N+](=O)[O-])c1-c1cccc(F)c1. The van der Waals surface area contributed by atoms with Crippen molar-refractivity contribution in [2.75, 3.05) is 0 Å². The van der Waals surface area contributed by atoms with Gasteiger partial charge in [0.2, 0.25) is 0 Å². The first-order chi connectivity index (χ1) is 9.00. The van der Waals surface area contributed by atoms with Gasteiger partial charge in [-0.1, -0.05) is 18.2 Å². The molecule has 0 spiro atoms. The Balaban J connectivity index is 2.79. The van der Waals surface area contributed by atoms with Crippen molar-refractivity contribution in [2.45, 2.75) is 0 Å². The predicted octanol–water partition coefficient (Wildman–Crippen LogP) is 3.10. The Morgan fingerprint density at radius 1 is 1.21 bits per heavy atom. The van der Waals surface area contributed by atoms with Gasteiger partial charge >= 0.3 is 5.97 Å². The van der Waals surface area contributed by atoms with E-state index in [0.717, 1.165) is 6.07 Å². The van der Waals surface area contributed by atoms with Gasteiger partial charge in [-0.05, 0) is 23.8 Å². The van der Waals surface area contributed by atoms with E-state index in [9.17, 15) is 19.3 Å². The number of rotatable bonds is 3. The fourth-order valence-corrected chi connectivity index (χ4v) is 1.82. The van der Waals surface area contributed by atoms with E-state index >= 15 is 0 Å². The average molecular weight is 261 g/mol. The van der Waals surface area contributed by atoms with Gasteiger partial charge in [0, 0.05) is 6.07 Å². The lowest BCUT2D eigenvalue weighted by molar-refractivity contribution is -0.384. The molecule has 0 radical (unpaired) electrons. The molecular weight excluding hydrogens is 253 g/mol. The van der Waals surface area contributed by atoms with Gasteiger partial charge in [0.1, 0.15) is 5.82 Å². The summed E-state index contributed by atoms with van der Waals surface area (Å²) in [5, 5.41) is 20.1. The number of nitro benzene ring substituents is 1. The van der Waals surface area contributed by atoms with E-state index in [1.807, 2.05) is 0 Å². The van der Waals surface area contributed by atoms with Gasteiger partial charge in [-0.15, -0.1) is 0 Å². The van der Waals surface area contributed by atoms with E-state index in [1.165, 1.54) is 36.4 Å². The molecule has 5 nitrogen and oxygen atoms in total. The van der Waals surface area contributed by atoms with Crippen molar-refractivity contribution < 1.29 is 19.2 Å². The summed E-state index contributed by atoms with van der Waals surface area (Å²) in [5.74, 6) is -1.89. The molecule has 0 saturated carbocycles. The summed E-state index contributed by atoms with van der Waals surface area (Å²) in [6.07, 6.45) is 0. The summed E-state index contributed by atoms with van der Waals surface area (Å²) in [5.41, 5.74) is -0.547. The van der Waals surface area contributed by atoms with Gasteiger partial charge in [-0.25, -0.2) is 9.18 Å². The molecule has 0 fully saturated rings. The Morgan fingerprint density at radius 3 is 2.47 bits per heavy atom. The lowest BCUT2D eigenvalue weighted by Gasteiger charge is -2.07. The number of aromatic carboxylic acids is 1. The van der Waals surface area contributed by atoms with Crippen molar-refractivity contribution in [3.8, 4) is 11.1 Å². The summed E-state index contributed by atoms with van der Waals surface area (Å²) in [4.78, 5) is 21.4. The van der Waals surface area contributed by atoms with Crippen LogP contribution in [0.3, 0.4) is 0 Å². The largest absolute Gasteiger partial charge is 0.478 e. The van der Waals surface area contributed by atoms with Gasteiger partial charge in [-0.3, -0.25) is 10.1 Å². The Bertz CT molecular complexity index is 637. The van der Waals surface area contributed by atoms with Crippen LogP contribution in [-0.4, -0.2) is 16.0 Å². The molecule has 0 bridgehead atoms. The van der Waals surface area contributed by atoms with Gasteiger partial charge in [0.15, 0.2) is 0 Å². The van der Waals surface area contributed by atoms with E-state index in [0.29, 0.717) is 0 Å². The minimum Gasteiger partial charge on any atom is -0.478 e. The number of carboxylic acid groups (broad SMARTS) is 1. The van der Waals surface area contributed by atoms with Gasteiger partial charge < -0.3 is 5.11 Å². The molecule has 0 unspecified atom stereocenters. The molecule has 2 rings (SSSR count). The third-order valence-electron chi connectivity index (χ3n) is 2.58. The van der Waals surface area contributed by atoms with Crippen molar-refractivity contribution in [2.24, 2.45) is 0 Å². The normalized spacial score (nSPS) is 10.2. The first kappa shape index (κ1) is 12.7. The van der Waals surface area contributed by atoms with Gasteiger partial charge in [0.25, 0.3) is 5.69 Å². The highest BCUT2D eigenvalue weighted by atomic mass is 19.1. The van der Waals surface area contributed by atoms with Crippen LogP contribution >= 0.6 is 0 Å². The second kappa shape index (κ2) is 4.85. The molecule has 6 heteroatoms. The van der Waals surface area contributed by atoms with E-state index in [4.69, 9.17) is 5.11 Å². The number of carboxylic acids is 1. The van der Waals surface area contributed by atoms with Crippen molar-refractivity contribution in [3.63, 3.8) is 0 Å². The topological polar surface area (TPSA) is 80.4 Å². The lowest BCUT2D eigenvalue weighted by Crippen LogP contribution is -2.03. The number of hydrogen-bond acceptors (Lipinski definition) is 3. The third kappa shape index (κ3) is 2.42. The standard InChI is InChI=1S/C13H8FNO4/c14-9-4-1-3-8(7-9)12-10(13(16)17)5-2-6-11(12)15(18)19/h1-7H,(H,16,17). The molecule has 2 aromatic rings. The second-order valence-corrected chi connectivity index (χ2v) is 3.77. The third-order valence-corrected chi connectivity index (χ3v) is 2.58.